The van der Waals surface area contributed by atoms with Crippen LogP contribution in [0.4, 0.5) is 0 Å². The average Bonchev–Trinajstić information content (AvgIpc) is 2.78. The van der Waals surface area contributed by atoms with Gasteiger partial charge in [-0.2, -0.15) is 0 Å². The molecule has 6 heteroatoms. The zero-order chi connectivity index (χ0) is 13.8. The minimum Gasteiger partial charge on any atom is -0.356 e. The van der Waals surface area contributed by atoms with Crippen LogP contribution in [0, 0.1) is 6.92 Å². The van der Waals surface area contributed by atoms with Crippen LogP contribution in [0.5, 0.6) is 0 Å². The Labute approximate surface area is 116 Å². The predicted octanol–water partition coefficient (Wildman–Crippen LogP) is 1.50. The highest BCUT2D eigenvalue weighted by Gasteiger charge is 2.27. The van der Waals surface area contributed by atoms with Gasteiger partial charge < -0.3 is 5.32 Å². The SMILES string of the molecule is CCCCNC(=O)CC1CSc2ncc(C)c(=O)n21. The summed E-state index contributed by atoms with van der Waals surface area (Å²) in [5.41, 5.74) is 0.601. The largest absolute Gasteiger partial charge is 0.356 e. The van der Waals surface area contributed by atoms with E-state index in [2.05, 4.69) is 17.2 Å². The quantitative estimate of drug-likeness (QED) is 0.656. The Hall–Kier alpha value is -1.30. The molecule has 1 aromatic rings. The number of amides is 1. The number of hydrogen-bond donors (Lipinski definition) is 1. The minimum atomic E-state index is -0.0680. The summed E-state index contributed by atoms with van der Waals surface area (Å²) in [5, 5.41) is 3.62. The molecule has 2 rings (SSSR count). The van der Waals surface area contributed by atoms with Crippen LogP contribution in [0.2, 0.25) is 0 Å². The Morgan fingerprint density at radius 3 is 3.16 bits per heavy atom. The van der Waals surface area contributed by atoms with Crippen molar-refractivity contribution in [2.24, 2.45) is 0 Å². The van der Waals surface area contributed by atoms with Crippen LogP contribution in [0.25, 0.3) is 0 Å². The Morgan fingerprint density at radius 2 is 2.42 bits per heavy atom. The van der Waals surface area contributed by atoms with Crippen molar-refractivity contribution < 1.29 is 4.79 Å². The third-order valence-corrected chi connectivity index (χ3v) is 4.29. The second-order valence-corrected chi connectivity index (χ2v) is 5.76. The molecule has 2 heterocycles. The van der Waals surface area contributed by atoms with Crippen LogP contribution in [0.3, 0.4) is 0 Å². The van der Waals surface area contributed by atoms with Crippen molar-refractivity contribution >= 4 is 17.7 Å². The van der Waals surface area contributed by atoms with Gasteiger partial charge in [-0.1, -0.05) is 25.1 Å². The molecule has 1 unspecified atom stereocenters. The molecule has 0 aromatic carbocycles. The lowest BCUT2D eigenvalue weighted by molar-refractivity contribution is -0.121. The van der Waals surface area contributed by atoms with Gasteiger partial charge in [-0.3, -0.25) is 14.2 Å². The van der Waals surface area contributed by atoms with Crippen LogP contribution >= 0.6 is 11.8 Å². The fourth-order valence-corrected chi connectivity index (χ4v) is 3.17. The number of unbranched alkanes of at least 4 members (excludes halogenated alkanes) is 1. The van der Waals surface area contributed by atoms with Gasteiger partial charge in [-0.05, 0) is 13.3 Å². The molecule has 0 bridgehead atoms. The smallest absolute Gasteiger partial charge is 0.257 e. The molecule has 1 amide bonds. The molecule has 1 aromatic heterocycles. The predicted molar refractivity (Wildman–Crippen MR) is 75.5 cm³/mol. The van der Waals surface area contributed by atoms with Crippen LogP contribution < -0.4 is 10.9 Å². The first-order valence-electron chi connectivity index (χ1n) is 6.61. The molecule has 0 radical (unpaired) electrons. The van der Waals surface area contributed by atoms with Gasteiger partial charge in [0.1, 0.15) is 0 Å². The van der Waals surface area contributed by atoms with Gasteiger partial charge in [0, 0.05) is 30.5 Å². The topological polar surface area (TPSA) is 64.0 Å². The normalized spacial score (nSPS) is 17.3. The summed E-state index contributed by atoms with van der Waals surface area (Å²) in [6.45, 7) is 4.55. The Balaban J connectivity index is 2.04. The first kappa shape index (κ1) is 14.1. The van der Waals surface area contributed by atoms with Crippen LogP contribution in [-0.2, 0) is 4.79 Å². The van der Waals surface area contributed by atoms with Crippen molar-refractivity contribution in [1.82, 2.24) is 14.9 Å². The van der Waals surface area contributed by atoms with E-state index >= 15 is 0 Å². The number of aromatic nitrogens is 2. The zero-order valence-corrected chi connectivity index (χ0v) is 12.1. The number of nitrogens with one attached hydrogen (secondary N) is 1. The number of fused-ring (bicyclic) bond motifs is 1. The molecule has 0 spiro atoms. The maximum absolute atomic E-state index is 12.1. The molecule has 0 saturated heterocycles. The monoisotopic (exact) mass is 281 g/mol. The summed E-state index contributed by atoms with van der Waals surface area (Å²) in [5.74, 6) is 0.757. The molecule has 1 atom stereocenters. The second kappa shape index (κ2) is 6.23. The maximum atomic E-state index is 12.1. The molecule has 0 fully saturated rings. The Kier molecular flexibility index (Phi) is 4.63. The number of thioether (sulfide) groups is 1. The summed E-state index contributed by atoms with van der Waals surface area (Å²) in [4.78, 5) is 28.2. The number of hydrogen-bond acceptors (Lipinski definition) is 4. The molecule has 1 N–H and O–H groups in total. The van der Waals surface area contributed by atoms with E-state index in [-0.39, 0.29) is 17.5 Å². The number of rotatable bonds is 5. The molecule has 1 aliphatic heterocycles. The summed E-state index contributed by atoms with van der Waals surface area (Å²) in [6, 6.07) is -0.0680. The summed E-state index contributed by atoms with van der Waals surface area (Å²) >= 11 is 1.54. The van der Waals surface area contributed by atoms with E-state index < -0.39 is 0 Å². The molecular formula is C13H19N3O2S. The van der Waals surface area contributed by atoms with Gasteiger partial charge in [0.2, 0.25) is 5.91 Å². The van der Waals surface area contributed by atoms with Crippen LogP contribution in [-0.4, -0.2) is 27.8 Å². The van der Waals surface area contributed by atoms with Gasteiger partial charge in [0.15, 0.2) is 5.16 Å². The number of aryl methyl sites for hydroxylation is 1. The highest BCUT2D eigenvalue weighted by Crippen LogP contribution is 2.31. The lowest BCUT2D eigenvalue weighted by atomic mass is 10.2. The Bertz CT molecular complexity index is 527. The van der Waals surface area contributed by atoms with Gasteiger partial charge >= 0.3 is 0 Å². The third-order valence-electron chi connectivity index (χ3n) is 3.17. The first-order valence-corrected chi connectivity index (χ1v) is 7.59. The van der Waals surface area contributed by atoms with Crippen LogP contribution in [0.1, 0.15) is 37.8 Å². The minimum absolute atomic E-state index is 0.0142. The lowest BCUT2D eigenvalue weighted by Gasteiger charge is -2.13. The molecular weight excluding hydrogens is 262 g/mol. The van der Waals surface area contributed by atoms with Crippen LogP contribution in [0.15, 0.2) is 16.1 Å². The molecule has 0 aliphatic carbocycles. The zero-order valence-electron chi connectivity index (χ0n) is 11.3. The van der Waals surface area contributed by atoms with Gasteiger partial charge in [0.25, 0.3) is 5.56 Å². The van der Waals surface area contributed by atoms with Gasteiger partial charge in [-0.25, -0.2) is 4.98 Å². The number of carbonyl (C=O) groups is 1. The van der Waals surface area contributed by atoms with E-state index in [1.807, 2.05) is 0 Å². The van der Waals surface area contributed by atoms with E-state index in [0.29, 0.717) is 18.5 Å². The third kappa shape index (κ3) is 3.18. The number of nitrogens with zero attached hydrogens (tertiary/aromatic N) is 2. The number of carbonyl (C=O) groups excluding carboxylic acids is 1. The van der Waals surface area contributed by atoms with Gasteiger partial charge in [-0.15, -0.1) is 0 Å². The molecule has 1 aliphatic rings. The van der Waals surface area contributed by atoms with E-state index in [1.165, 1.54) is 0 Å². The van der Waals surface area contributed by atoms with E-state index in [1.54, 1.807) is 29.4 Å². The second-order valence-electron chi connectivity index (χ2n) is 4.77. The summed E-state index contributed by atoms with van der Waals surface area (Å²) in [7, 11) is 0. The van der Waals surface area contributed by atoms with Crippen molar-refractivity contribution in [1.29, 1.82) is 0 Å². The van der Waals surface area contributed by atoms with Crippen molar-refractivity contribution in [3.63, 3.8) is 0 Å². The van der Waals surface area contributed by atoms with E-state index in [0.717, 1.165) is 23.8 Å². The van der Waals surface area contributed by atoms with E-state index in [9.17, 15) is 9.59 Å². The summed E-state index contributed by atoms with van der Waals surface area (Å²) < 4.78 is 1.67. The average molecular weight is 281 g/mol. The summed E-state index contributed by atoms with van der Waals surface area (Å²) in [6.07, 6.45) is 4.01. The maximum Gasteiger partial charge on any atom is 0.257 e. The van der Waals surface area contributed by atoms with E-state index in [4.69, 9.17) is 0 Å². The lowest BCUT2D eigenvalue weighted by Crippen LogP contribution is -2.31. The highest BCUT2D eigenvalue weighted by molar-refractivity contribution is 7.99. The van der Waals surface area contributed by atoms with Crippen molar-refractivity contribution in [3.05, 3.63) is 22.1 Å². The molecule has 104 valence electrons. The fraction of sp³-hybridized carbons (Fsp3) is 0.615. The first-order chi connectivity index (χ1) is 9.13. The molecule has 5 nitrogen and oxygen atoms in total. The van der Waals surface area contributed by atoms with Crippen molar-refractivity contribution in [3.8, 4) is 0 Å². The van der Waals surface area contributed by atoms with Crippen molar-refractivity contribution in [2.45, 2.75) is 44.3 Å². The molecule has 0 saturated carbocycles. The van der Waals surface area contributed by atoms with Gasteiger partial charge in [0.05, 0.1) is 6.04 Å². The standard InChI is InChI=1S/C13H19N3O2S/c1-3-4-5-14-11(17)6-10-8-19-13-15-7-9(2)12(18)16(10)13/h7,10H,3-6,8H2,1-2H3,(H,14,17). The molecule has 19 heavy (non-hydrogen) atoms. The highest BCUT2D eigenvalue weighted by atomic mass is 32.2. The fourth-order valence-electron chi connectivity index (χ4n) is 2.06. The Morgan fingerprint density at radius 1 is 1.63 bits per heavy atom. The van der Waals surface area contributed by atoms with Crippen molar-refractivity contribution in [2.75, 3.05) is 12.3 Å².